The van der Waals surface area contributed by atoms with Crippen molar-refractivity contribution in [3.8, 4) is 5.75 Å². The van der Waals surface area contributed by atoms with Crippen molar-refractivity contribution in [2.45, 2.75) is 52.7 Å². The molecule has 0 saturated carbocycles. The SMILES string of the molecule is CCC(C)NC(=O)C(C)N(Cc1ccc(OC)cc1)C(=O)CN(c1cccc(C(C)=O)c1)S(C)(=O)=O. The van der Waals surface area contributed by atoms with E-state index < -0.39 is 28.5 Å². The van der Waals surface area contributed by atoms with Crippen LogP contribution in [-0.4, -0.2) is 62.9 Å². The first kappa shape index (κ1) is 28.8. The number of benzene rings is 2. The Morgan fingerprint density at radius 3 is 2.22 bits per heavy atom. The van der Waals surface area contributed by atoms with Gasteiger partial charge in [-0.1, -0.05) is 31.2 Å². The number of rotatable bonds is 12. The van der Waals surface area contributed by atoms with E-state index in [0.717, 1.165) is 22.5 Å². The Bertz CT molecular complexity index is 1180. The normalized spacial score (nSPS) is 12.8. The molecule has 0 spiro atoms. The van der Waals surface area contributed by atoms with Crippen molar-refractivity contribution in [3.05, 3.63) is 59.7 Å². The first-order valence-corrected chi connectivity index (χ1v) is 13.5. The highest BCUT2D eigenvalue weighted by Gasteiger charge is 2.30. The quantitative estimate of drug-likeness (QED) is 0.433. The van der Waals surface area contributed by atoms with Crippen molar-refractivity contribution < 1.29 is 27.5 Å². The van der Waals surface area contributed by atoms with Gasteiger partial charge in [0.25, 0.3) is 0 Å². The molecule has 36 heavy (non-hydrogen) atoms. The van der Waals surface area contributed by atoms with Crippen molar-refractivity contribution in [1.29, 1.82) is 0 Å². The van der Waals surface area contributed by atoms with Gasteiger partial charge in [0, 0.05) is 18.2 Å². The molecule has 10 heteroatoms. The molecule has 0 aliphatic heterocycles. The van der Waals surface area contributed by atoms with E-state index >= 15 is 0 Å². The van der Waals surface area contributed by atoms with Crippen LogP contribution in [0.1, 0.15) is 50.0 Å². The van der Waals surface area contributed by atoms with Gasteiger partial charge < -0.3 is 15.0 Å². The van der Waals surface area contributed by atoms with Gasteiger partial charge in [-0.2, -0.15) is 0 Å². The second kappa shape index (κ2) is 12.5. The monoisotopic (exact) mass is 517 g/mol. The molecule has 0 aliphatic carbocycles. The molecule has 1 N–H and O–H groups in total. The summed E-state index contributed by atoms with van der Waals surface area (Å²) in [6.07, 6.45) is 1.72. The lowest BCUT2D eigenvalue weighted by molar-refractivity contribution is -0.139. The number of amides is 2. The van der Waals surface area contributed by atoms with Gasteiger partial charge in [-0.3, -0.25) is 18.7 Å². The molecule has 2 aromatic rings. The summed E-state index contributed by atoms with van der Waals surface area (Å²) < 4.78 is 31.5. The first-order chi connectivity index (χ1) is 16.9. The molecular formula is C26H35N3O6S. The van der Waals surface area contributed by atoms with E-state index in [1.165, 1.54) is 24.0 Å². The highest BCUT2D eigenvalue weighted by Crippen LogP contribution is 2.21. The number of anilines is 1. The van der Waals surface area contributed by atoms with E-state index in [-0.39, 0.29) is 30.0 Å². The van der Waals surface area contributed by atoms with E-state index in [1.807, 2.05) is 13.8 Å². The van der Waals surface area contributed by atoms with E-state index in [0.29, 0.717) is 11.3 Å². The number of hydrogen-bond acceptors (Lipinski definition) is 6. The molecule has 9 nitrogen and oxygen atoms in total. The molecular weight excluding hydrogens is 482 g/mol. The minimum absolute atomic E-state index is 0.0836. The fraction of sp³-hybridized carbons (Fsp3) is 0.423. The van der Waals surface area contributed by atoms with Gasteiger partial charge in [-0.05, 0) is 57.0 Å². The highest BCUT2D eigenvalue weighted by molar-refractivity contribution is 7.92. The molecule has 196 valence electrons. The van der Waals surface area contributed by atoms with Crippen LogP contribution >= 0.6 is 0 Å². The average molecular weight is 518 g/mol. The van der Waals surface area contributed by atoms with Crippen LogP contribution in [0.3, 0.4) is 0 Å². The molecule has 0 fully saturated rings. The predicted octanol–water partition coefficient (Wildman–Crippen LogP) is 3.00. The number of sulfonamides is 1. The zero-order chi connectivity index (χ0) is 27.0. The molecule has 2 amide bonds. The van der Waals surface area contributed by atoms with Crippen molar-refractivity contribution >= 4 is 33.3 Å². The predicted molar refractivity (Wildman–Crippen MR) is 140 cm³/mol. The van der Waals surface area contributed by atoms with Crippen LogP contribution in [-0.2, 0) is 26.2 Å². The fourth-order valence-electron chi connectivity index (χ4n) is 3.47. The number of carbonyl (C=O) groups is 3. The zero-order valence-corrected chi connectivity index (χ0v) is 22.5. The lowest BCUT2D eigenvalue weighted by atomic mass is 10.1. The summed E-state index contributed by atoms with van der Waals surface area (Å²) in [6.45, 7) is 6.35. The Morgan fingerprint density at radius 2 is 1.69 bits per heavy atom. The van der Waals surface area contributed by atoms with Gasteiger partial charge >= 0.3 is 0 Å². The topological polar surface area (TPSA) is 113 Å². The molecule has 2 unspecified atom stereocenters. The third-order valence-corrected chi connectivity index (χ3v) is 7.04. The molecule has 0 aromatic heterocycles. The van der Waals surface area contributed by atoms with Crippen LogP contribution < -0.4 is 14.4 Å². The van der Waals surface area contributed by atoms with Crippen LogP contribution in [0.2, 0.25) is 0 Å². The molecule has 0 aliphatic rings. The van der Waals surface area contributed by atoms with Crippen molar-refractivity contribution in [3.63, 3.8) is 0 Å². The van der Waals surface area contributed by atoms with Crippen LogP contribution in [0, 0.1) is 0 Å². The summed E-state index contributed by atoms with van der Waals surface area (Å²) in [6, 6.07) is 12.2. The maximum atomic E-state index is 13.6. The van der Waals surface area contributed by atoms with E-state index in [9.17, 15) is 22.8 Å². The summed E-state index contributed by atoms with van der Waals surface area (Å²) in [5, 5.41) is 2.88. The van der Waals surface area contributed by atoms with Gasteiger partial charge in [-0.15, -0.1) is 0 Å². The van der Waals surface area contributed by atoms with Crippen LogP contribution in [0.5, 0.6) is 5.75 Å². The standard InChI is InChI=1S/C26H35N3O6S/c1-7-18(2)27-26(32)19(3)28(16-21-11-13-24(35-5)14-12-21)25(31)17-29(36(6,33)34)23-10-8-9-22(15-23)20(4)30/h8-15,18-19H,7,16-17H2,1-6H3,(H,27,32). The molecule has 2 atom stereocenters. The Kier molecular flexibility index (Phi) is 10.0. The Balaban J connectivity index is 2.42. The van der Waals surface area contributed by atoms with Gasteiger partial charge in [-0.25, -0.2) is 8.42 Å². The van der Waals surface area contributed by atoms with Gasteiger partial charge in [0.15, 0.2) is 5.78 Å². The maximum Gasteiger partial charge on any atom is 0.244 e. The van der Waals surface area contributed by atoms with Crippen molar-refractivity contribution in [2.75, 3.05) is 24.2 Å². The number of methoxy groups -OCH3 is 1. The number of nitrogens with zero attached hydrogens (tertiary/aromatic N) is 2. The zero-order valence-electron chi connectivity index (χ0n) is 21.6. The summed E-state index contributed by atoms with van der Waals surface area (Å²) in [4.78, 5) is 39.7. The van der Waals surface area contributed by atoms with Crippen molar-refractivity contribution in [2.24, 2.45) is 0 Å². The smallest absolute Gasteiger partial charge is 0.244 e. The Labute approximate surface area is 213 Å². The van der Waals surface area contributed by atoms with Gasteiger partial charge in [0.1, 0.15) is 18.3 Å². The van der Waals surface area contributed by atoms with Crippen molar-refractivity contribution in [1.82, 2.24) is 10.2 Å². The van der Waals surface area contributed by atoms with E-state index in [1.54, 1.807) is 50.4 Å². The van der Waals surface area contributed by atoms with Gasteiger partial charge in [0.2, 0.25) is 21.8 Å². The summed E-state index contributed by atoms with van der Waals surface area (Å²) in [5.74, 6) is -0.479. The number of hydrogen-bond donors (Lipinski definition) is 1. The summed E-state index contributed by atoms with van der Waals surface area (Å²) >= 11 is 0. The number of ketones is 1. The Morgan fingerprint density at radius 1 is 1.06 bits per heavy atom. The highest BCUT2D eigenvalue weighted by atomic mass is 32.2. The fourth-order valence-corrected chi connectivity index (χ4v) is 4.31. The minimum Gasteiger partial charge on any atom is -0.497 e. The van der Waals surface area contributed by atoms with Crippen LogP contribution in [0.15, 0.2) is 48.5 Å². The van der Waals surface area contributed by atoms with Crippen LogP contribution in [0.25, 0.3) is 0 Å². The average Bonchev–Trinajstić information content (AvgIpc) is 2.84. The van der Waals surface area contributed by atoms with E-state index in [2.05, 4.69) is 5.32 Å². The van der Waals surface area contributed by atoms with E-state index in [4.69, 9.17) is 4.74 Å². The lowest BCUT2D eigenvalue weighted by Gasteiger charge is -2.32. The molecule has 2 aromatic carbocycles. The largest absolute Gasteiger partial charge is 0.497 e. The number of Topliss-reactive ketones (excluding diaryl/α,β-unsaturated/α-hetero) is 1. The van der Waals surface area contributed by atoms with Gasteiger partial charge in [0.05, 0.1) is 19.1 Å². The second-order valence-electron chi connectivity index (χ2n) is 8.74. The lowest BCUT2D eigenvalue weighted by Crippen LogP contribution is -2.52. The molecule has 2 rings (SSSR count). The molecule has 0 saturated heterocycles. The number of ether oxygens (including phenoxy) is 1. The first-order valence-electron chi connectivity index (χ1n) is 11.7. The molecule has 0 heterocycles. The summed E-state index contributed by atoms with van der Waals surface area (Å²) in [7, 11) is -2.33. The summed E-state index contributed by atoms with van der Waals surface area (Å²) in [5.41, 5.74) is 1.27. The molecule has 0 bridgehead atoms. The second-order valence-corrected chi connectivity index (χ2v) is 10.6. The number of carbonyl (C=O) groups excluding carboxylic acids is 3. The third kappa shape index (κ3) is 7.81. The van der Waals surface area contributed by atoms with Crippen LogP contribution in [0.4, 0.5) is 5.69 Å². The number of nitrogens with one attached hydrogen (secondary N) is 1. The maximum absolute atomic E-state index is 13.6. The minimum atomic E-state index is -3.88. The Hall–Kier alpha value is -3.40. The third-order valence-electron chi connectivity index (χ3n) is 5.90. The molecule has 0 radical (unpaired) electrons.